The third-order valence-electron chi connectivity index (χ3n) is 3.65. The number of benzene rings is 1. The first-order valence-corrected chi connectivity index (χ1v) is 7.50. The number of hydrazine groups is 1. The summed E-state index contributed by atoms with van der Waals surface area (Å²) in [6.07, 6.45) is 4.89. The average Bonchev–Trinajstić information content (AvgIpc) is 2.98. The molecule has 0 aliphatic rings. The number of rotatable bonds is 4. The van der Waals surface area contributed by atoms with Gasteiger partial charge in [0.1, 0.15) is 0 Å². The van der Waals surface area contributed by atoms with Gasteiger partial charge in [-0.05, 0) is 30.5 Å². The van der Waals surface area contributed by atoms with E-state index in [-0.39, 0.29) is 6.04 Å². The van der Waals surface area contributed by atoms with Crippen LogP contribution < -0.4 is 11.3 Å². The number of nitrogens with two attached hydrogens (primary N) is 1. The monoisotopic (exact) mass is 286 g/mol. The van der Waals surface area contributed by atoms with Crippen LogP contribution in [0, 0.1) is 13.8 Å². The van der Waals surface area contributed by atoms with E-state index in [1.807, 2.05) is 11.6 Å². The molecule has 2 heterocycles. The van der Waals surface area contributed by atoms with Crippen molar-refractivity contribution in [3.05, 3.63) is 58.4 Å². The maximum Gasteiger partial charge on any atom is 0.193 e. The molecule has 0 amide bonds. The number of aromatic nitrogens is 2. The van der Waals surface area contributed by atoms with Gasteiger partial charge in [0.2, 0.25) is 0 Å². The highest BCUT2D eigenvalue weighted by Gasteiger charge is 2.17. The van der Waals surface area contributed by atoms with Crippen LogP contribution in [-0.2, 0) is 6.42 Å². The summed E-state index contributed by atoms with van der Waals surface area (Å²) in [7, 11) is 0. The predicted octanol–water partition coefficient (Wildman–Crippen LogP) is 2.76. The van der Waals surface area contributed by atoms with Crippen molar-refractivity contribution >= 4 is 16.3 Å². The molecule has 1 atom stereocenters. The van der Waals surface area contributed by atoms with Gasteiger partial charge in [-0.3, -0.25) is 15.7 Å². The molecule has 1 unspecified atom stereocenters. The van der Waals surface area contributed by atoms with Gasteiger partial charge in [0.05, 0.1) is 11.7 Å². The van der Waals surface area contributed by atoms with Crippen molar-refractivity contribution in [2.75, 3.05) is 0 Å². The van der Waals surface area contributed by atoms with E-state index in [1.54, 1.807) is 11.3 Å². The number of thiazole rings is 1. The summed E-state index contributed by atoms with van der Waals surface area (Å²) < 4.78 is 2.05. The second-order valence-corrected chi connectivity index (χ2v) is 5.93. The molecule has 0 aliphatic heterocycles. The Balaban J connectivity index is 1.92. The minimum atomic E-state index is 0.0841. The highest BCUT2D eigenvalue weighted by atomic mass is 32.1. The molecule has 0 saturated heterocycles. The van der Waals surface area contributed by atoms with E-state index >= 15 is 0 Å². The molecule has 0 bridgehead atoms. The van der Waals surface area contributed by atoms with Crippen molar-refractivity contribution in [2.45, 2.75) is 26.3 Å². The van der Waals surface area contributed by atoms with Gasteiger partial charge in [0, 0.05) is 24.2 Å². The van der Waals surface area contributed by atoms with Crippen LogP contribution in [0.3, 0.4) is 0 Å². The molecule has 1 aromatic carbocycles. The smallest absolute Gasteiger partial charge is 0.193 e. The number of hydrogen-bond acceptors (Lipinski definition) is 4. The average molecular weight is 286 g/mol. The lowest BCUT2D eigenvalue weighted by molar-refractivity contribution is 0.542. The lowest BCUT2D eigenvalue weighted by Crippen LogP contribution is -2.30. The molecule has 2 aromatic heterocycles. The number of fused-ring (bicyclic) bond motifs is 1. The molecule has 5 heteroatoms. The largest absolute Gasteiger partial charge is 0.297 e. The number of imidazole rings is 1. The summed E-state index contributed by atoms with van der Waals surface area (Å²) in [4.78, 5) is 5.66. The Morgan fingerprint density at radius 2 is 2.10 bits per heavy atom. The van der Waals surface area contributed by atoms with Crippen molar-refractivity contribution in [1.82, 2.24) is 14.8 Å². The van der Waals surface area contributed by atoms with Crippen molar-refractivity contribution in [1.29, 1.82) is 0 Å². The molecular formula is C15H18N4S. The lowest BCUT2D eigenvalue weighted by atomic mass is 9.94. The molecule has 20 heavy (non-hydrogen) atoms. The van der Waals surface area contributed by atoms with Gasteiger partial charge in [-0.15, -0.1) is 11.3 Å². The minimum Gasteiger partial charge on any atom is -0.297 e. The van der Waals surface area contributed by atoms with Gasteiger partial charge in [-0.1, -0.05) is 18.2 Å². The SMILES string of the molecule is Cc1cccc(C)c1C(Cc1cn2ccsc2n1)NN. The molecule has 0 radical (unpaired) electrons. The van der Waals surface area contributed by atoms with E-state index in [0.29, 0.717) is 0 Å². The Hall–Kier alpha value is -1.69. The Kier molecular flexibility index (Phi) is 3.56. The zero-order valence-electron chi connectivity index (χ0n) is 11.6. The molecule has 0 aliphatic carbocycles. The summed E-state index contributed by atoms with van der Waals surface area (Å²) in [6, 6.07) is 6.41. The molecule has 3 N–H and O–H groups in total. The van der Waals surface area contributed by atoms with Gasteiger partial charge >= 0.3 is 0 Å². The second-order valence-electron chi connectivity index (χ2n) is 5.05. The van der Waals surface area contributed by atoms with E-state index in [1.165, 1.54) is 16.7 Å². The summed E-state index contributed by atoms with van der Waals surface area (Å²) in [5.41, 5.74) is 7.78. The maximum absolute atomic E-state index is 5.78. The number of nitrogens with one attached hydrogen (secondary N) is 1. The molecular weight excluding hydrogens is 268 g/mol. The maximum atomic E-state index is 5.78. The Bertz CT molecular complexity index is 680. The molecule has 0 fully saturated rings. The molecule has 4 nitrogen and oxygen atoms in total. The number of aryl methyl sites for hydroxylation is 2. The van der Waals surface area contributed by atoms with Gasteiger partial charge in [-0.25, -0.2) is 4.98 Å². The normalized spacial score (nSPS) is 12.9. The molecule has 0 spiro atoms. The van der Waals surface area contributed by atoms with E-state index < -0.39 is 0 Å². The van der Waals surface area contributed by atoms with Crippen molar-refractivity contribution < 1.29 is 0 Å². The highest BCUT2D eigenvalue weighted by molar-refractivity contribution is 7.15. The number of hydrogen-bond donors (Lipinski definition) is 2. The van der Waals surface area contributed by atoms with Crippen LogP contribution in [0.15, 0.2) is 36.0 Å². The van der Waals surface area contributed by atoms with Crippen molar-refractivity contribution in [3.63, 3.8) is 0 Å². The van der Waals surface area contributed by atoms with E-state index in [0.717, 1.165) is 17.1 Å². The van der Waals surface area contributed by atoms with E-state index in [4.69, 9.17) is 5.84 Å². The molecule has 3 rings (SSSR count). The van der Waals surface area contributed by atoms with Gasteiger partial charge in [-0.2, -0.15) is 0 Å². The topological polar surface area (TPSA) is 55.3 Å². The van der Waals surface area contributed by atoms with Crippen LogP contribution in [0.2, 0.25) is 0 Å². The number of nitrogens with zero attached hydrogens (tertiary/aromatic N) is 2. The zero-order chi connectivity index (χ0) is 14.1. The Labute approximate surface area is 122 Å². The standard InChI is InChI=1S/C15H18N4S/c1-10-4-3-5-11(2)14(10)13(18-16)8-12-9-19-6-7-20-15(19)17-12/h3-7,9,13,18H,8,16H2,1-2H3. The first kappa shape index (κ1) is 13.3. The van der Waals surface area contributed by atoms with Crippen LogP contribution in [0.1, 0.15) is 28.4 Å². The van der Waals surface area contributed by atoms with Crippen molar-refractivity contribution in [3.8, 4) is 0 Å². The van der Waals surface area contributed by atoms with Gasteiger partial charge < -0.3 is 0 Å². The third kappa shape index (κ3) is 2.35. The van der Waals surface area contributed by atoms with Crippen LogP contribution in [0.4, 0.5) is 0 Å². The summed E-state index contributed by atoms with van der Waals surface area (Å²) >= 11 is 1.65. The summed E-state index contributed by atoms with van der Waals surface area (Å²) in [6.45, 7) is 4.25. The quantitative estimate of drug-likeness (QED) is 0.573. The predicted molar refractivity (Wildman–Crippen MR) is 82.8 cm³/mol. The molecule has 3 aromatic rings. The van der Waals surface area contributed by atoms with Crippen LogP contribution in [0.5, 0.6) is 0 Å². The first-order chi connectivity index (χ1) is 9.69. The first-order valence-electron chi connectivity index (χ1n) is 6.62. The zero-order valence-corrected chi connectivity index (χ0v) is 12.4. The third-order valence-corrected chi connectivity index (χ3v) is 4.42. The van der Waals surface area contributed by atoms with Crippen LogP contribution in [0.25, 0.3) is 4.96 Å². The lowest BCUT2D eigenvalue weighted by Gasteiger charge is -2.20. The van der Waals surface area contributed by atoms with Crippen LogP contribution in [-0.4, -0.2) is 9.38 Å². The fourth-order valence-electron chi connectivity index (χ4n) is 2.70. The van der Waals surface area contributed by atoms with Crippen LogP contribution >= 0.6 is 11.3 Å². The summed E-state index contributed by atoms with van der Waals surface area (Å²) in [5, 5.41) is 2.04. The molecule has 0 saturated carbocycles. The minimum absolute atomic E-state index is 0.0841. The van der Waals surface area contributed by atoms with Crippen molar-refractivity contribution in [2.24, 2.45) is 5.84 Å². The summed E-state index contributed by atoms with van der Waals surface area (Å²) in [5.74, 6) is 5.78. The van der Waals surface area contributed by atoms with E-state index in [2.05, 4.69) is 53.1 Å². The fraction of sp³-hybridized carbons (Fsp3) is 0.267. The van der Waals surface area contributed by atoms with E-state index in [9.17, 15) is 0 Å². The Morgan fingerprint density at radius 1 is 1.35 bits per heavy atom. The Morgan fingerprint density at radius 3 is 2.75 bits per heavy atom. The highest BCUT2D eigenvalue weighted by Crippen LogP contribution is 2.25. The second kappa shape index (κ2) is 5.36. The van der Waals surface area contributed by atoms with Gasteiger partial charge in [0.25, 0.3) is 0 Å². The molecule has 104 valence electrons. The van der Waals surface area contributed by atoms with Gasteiger partial charge in [0.15, 0.2) is 4.96 Å². The fourth-order valence-corrected chi connectivity index (χ4v) is 3.42.